The lowest BCUT2D eigenvalue weighted by atomic mass is 9.85. The first-order valence-electron chi connectivity index (χ1n) is 13.1. The lowest BCUT2D eigenvalue weighted by molar-refractivity contribution is -0.127. The van der Waals surface area contributed by atoms with Gasteiger partial charge in [0.05, 0.1) is 23.8 Å². The number of carbonyl (C=O) groups excluding carboxylic acids is 1. The predicted molar refractivity (Wildman–Crippen MR) is 156 cm³/mol. The molecule has 0 aliphatic carbocycles. The number of nitrogens with zero attached hydrogens (tertiary/aromatic N) is 4. The molecule has 39 heavy (non-hydrogen) atoms. The summed E-state index contributed by atoms with van der Waals surface area (Å²) < 4.78 is 6.17. The van der Waals surface area contributed by atoms with Gasteiger partial charge in [-0.15, -0.1) is 0 Å². The summed E-state index contributed by atoms with van der Waals surface area (Å²) in [6.45, 7) is 9.45. The topological polar surface area (TPSA) is 105 Å². The Hall–Kier alpha value is -4.44. The van der Waals surface area contributed by atoms with Crippen LogP contribution in [0.15, 0.2) is 72.1 Å². The van der Waals surface area contributed by atoms with Gasteiger partial charge in [-0.3, -0.25) is 14.8 Å². The fourth-order valence-corrected chi connectivity index (χ4v) is 4.61. The van der Waals surface area contributed by atoms with Gasteiger partial charge in [0.2, 0.25) is 5.91 Å². The Labute approximate surface area is 230 Å². The zero-order chi connectivity index (χ0) is 28.0. The van der Waals surface area contributed by atoms with Crippen molar-refractivity contribution in [3.05, 3.63) is 83.8 Å². The molecule has 1 unspecified atom stereocenters. The highest BCUT2D eigenvalue weighted by atomic mass is 16.5. The quantitative estimate of drug-likeness (QED) is 0.377. The van der Waals surface area contributed by atoms with Gasteiger partial charge in [-0.25, -0.2) is 0 Å². The zero-order valence-electron chi connectivity index (χ0n) is 23.0. The lowest BCUT2D eigenvalue weighted by Crippen LogP contribution is -2.27. The number of benzene rings is 2. The standard InChI is InChI=1S/C32H35N5O2/c1-22-8-9-26(25-6-5-7-28(14-25)32(3,4)21-34)15-30(22)36-17-27(16-33)29-18-35-12-10-31(29)39-20-24-11-13-37(19-24)23(2)38/h5-10,12,14-18,24H,11,13,19-20,33H2,1-4H3. The fourth-order valence-electron chi connectivity index (χ4n) is 4.61. The van der Waals surface area contributed by atoms with Gasteiger partial charge >= 0.3 is 0 Å². The third-order valence-electron chi connectivity index (χ3n) is 7.23. The second-order valence-electron chi connectivity index (χ2n) is 10.5. The summed E-state index contributed by atoms with van der Waals surface area (Å²) in [5, 5.41) is 9.56. The summed E-state index contributed by atoms with van der Waals surface area (Å²) >= 11 is 0. The number of nitriles is 1. The van der Waals surface area contributed by atoms with Crippen LogP contribution in [0.2, 0.25) is 0 Å². The normalized spacial score (nSPS) is 15.9. The molecule has 7 heteroatoms. The molecule has 3 aromatic rings. The smallest absolute Gasteiger partial charge is 0.219 e. The number of carbonyl (C=O) groups is 1. The third-order valence-corrected chi connectivity index (χ3v) is 7.23. The molecule has 7 nitrogen and oxygen atoms in total. The minimum atomic E-state index is -0.573. The van der Waals surface area contributed by atoms with E-state index in [9.17, 15) is 10.1 Å². The van der Waals surface area contributed by atoms with Crippen molar-refractivity contribution in [1.29, 1.82) is 5.26 Å². The van der Waals surface area contributed by atoms with E-state index in [2.05, 4.69) is 23.2 Å². The maximum atomic E-state index is 11.7. The average molecular weight is 522 g/mol. The van der Waals surface area contributed by atoms with Crippen LogP contribution >= 0.6 is 0 Å². The number of hydrogen-bond donors (Lipinski definition) is 1. The van der Waals surface area contributed by atoms with Gasteiger partial charge < -0.3 is 15.4 Å². The first-order valence-corrected chi connectivity index (χ1v) is 13.1. The molecular formula is C32H35N5O2. The van der Waals surface area contributed by atoms with Crippen LogP contribution in [0.5, 0.6) is 5.75 Å². The number of ether oxygens (including phenoxy) is 1. The zero-order valence-corrected chi connectivity index (χ0v) is 23.0. The molecule has 2 heterocycles. The number of likely N-dealkylation sites (tertiary alicyclic amines) is 1. The van der Waals surface area contributed by atoms with Crippen LogP contribution < -0.4 is 10.5 Å². The number of amides is 1. The molecule has 1 aliphatic heterocycles. The Kier molecular flexibility index (Phi) is 8.46. The van der Waals surface area contributed by atoms with Gasteiger partial charge in [0, 0.05) is 61.9 Å². The maximum absolute atomic E-state index is 11.7. The summed E-state index contributed by atoms with van der Waals surface area (Å²) in [4.78, 5) is 22.6. The molecule has 1 saturated heterocycles. The van der Waals surface area contributed by atoms with Crippen molar-refractivity contribution in [1.82, 2.24) is 9.88 Å². The van der Waals surface area contributed by atoms with E-state index in [0.717, 1.165) is 46.5 Å². The first kappa shape index (κ1) is 27.6. The highest BCUT2D eigenvalue weighted by Gasteiger charge is 2.25. The largest absolute Gasteiger partial charge is 0.492 e. The van der Waals surface area contributed by atoms with Gasteiger partial charge in [-0.2, -0.15) is 5.26 Å². The van der Waals surface area contributed by atoms with Crippen LogP contribution in [0.25, 0.3) is 16.7 Å². The van der Waals surface area contributed by atoms with Crippen molar-refractivity contribution < 1.29 is 9.53 Å². The van der Waals surface area contributed by atoms with E-state index in [4.69, 9.17) is 15.5 Å². The number of hydrogen-bond acceptors (Lipinski definition) is 6. The van der Waals surface area contributed by atoms with Gasteiger partial charge in [-0.1, -0.05) is 30.3 Å². The molecule has 0 radical (unpaired) electrons. The van der Waals surface area contributed by atoms with E-state index >= 15 is 0 Å². The number of aliphatic imine (C=N–C) groups is 1. The number of nitrogens with two attached hydrogens (primary N) is 1. The van der Waals surface area contributed by atoms with Gasteiger partial charge in [0.15, 0.2) is 0 Å². The summed E-state index contributed by atoms with van der Waals surface area (Å²) in [6.07, 6.45) is 7.58. The van der Waals surface area contributed by atoms with Crippen molar-refractivity contribution in [2.75, 3.05) is 19.7 Å². The molecule has 1 aromatic heterocycles. The van der Waals surface area contributed by atoms with E-state index in [1.165, 1.54) is 6.20 Å². The molecule has 1 amide bonds. The summed E-state index contributed by atoms with van der Waals surface area (Å²) in [7, 11) is 0. The minimum absolute atomic E-state index is 0.102. The third kappa shape index (κ3) is 6.53. The average Bonchev–Trinajstić information content (AvgIpc) is 3.43. The lowest BCUT2D eigenvalue weighted by Gasteiger charge is -2.17. The SMILES string of the molecule is CC(=O)N1CCC(COc2ccncc2C(C=Nc2cc(-c3cccc(C(C)(C)C#N)c3)ccc2C)=CN)C1. The number of aryl methyl sites for hydroxylation is 1. The highest BCUT2D eigenvalue weighted by Crippen LogP contribution is 2.32. The highest BCUT2D eigenvalue weighted by molar-refractivity contribution is 6.11. The van der Waals surface area contributed by atoms with E-state index in [1.54, 1.807) is 25.5 Å². The molecule has 4 rings (SSSR count). The summed E-state index contributed by atoms with van der Waals surface area (Å²) in [5.74, 6) is 1.07. The molecular weight excluding hydrogens is 486 g/mol. The van der Waals surface area contributed by atoms with E-state index in [0.29, 0.717) is 24.5 Å². The Bertz CT molecular complexity index is 1450. The molecule has 1 fully saturated rings. The molecule has 0 saturated carbocycles. The van der Waals surface area contributed by atoms with Gasteiger partial charge in [-0.05, 0) is 67.6 Å². The summed E-state index contributed by atoms with van der Waals surface area (Å²) in [5.41, 5.74) is 11.8. The monoisotopic (exact) mass is 521 g/mol. The Balaban J connectivity index is 1.54. The Morgan fingerprint density at radius 2 is 2.05 bits per heavy atom. The van der Waals surface area contributed by atoms with Crippen molar-refractivity contribution >= 4 is 23.4 Å². The predicted octanol–water partition coefficient (Wildman–Crippen LogP) is 5.81. The van der Waals surface area contributed by atoms with Crippen LogP contribution in [-0.2, 0) is 10.2 Å². The molecule has 1 aliphatic rings. The molecule has 2 N–H and O–H groups in total. The van der Waals surface area contributed by atoms with Crippen molar-refractivity contribution in [3.8, 4) is 22.9 Å². The maximum Gasteiger partial charge on any atom is 0.219 e. The number of aromatic nitrogens is 1. The van der Waals surface area contributed by atoms with Crippen molar-refractivity contribution in [2.45, 2.75) is 39.5 Å². The van der Waals surface area contributed by atoms with E-state index in [1.807, 2.05) is 62.1 Å². The van der Waals surface area contributed by atoms with E-state index < -0.39 is 5.41 Å². The first-order chi connectivity index (χ1) is 18.7. The Morgan fingerprint density at radius 3 is 2.77 bits per heavy atom. The van der Waals surface area contributed by atoms with Gasteiger partial charge in [0.25, 0.3) is 0 Å². The molecule has 0 spiro atoms. The molecule has 200 valence electrons. The molecule has 1 atom stereocenters. The minimum Gasteiger partial charge on any atom is -0.492 e. The van der Waals surface area contributed by atoms with Gasteiger partial charge in [0.1, 0.15) is 5.75 Å². The van der Waals surface area contributed by atoms with E-state index in [-0.39, 0.29) is 11.8 Å². The molecule has 0 bridgehead atoms. The fraction of sp³-hybridized carbons (Fsp3) is 0.312. The van der Waals surface area contributed by atoms with Crippen molar-refractivity contribution in [3.63, 3.8) is 0 Å². The van der Waals surface area contributed by atoms with Crippen LogP contribution in [0.4, 0.5) is 5.69 Å². The van der Waals surface area contributed by atoms with Crippen molar-refractivity contribution in [2.24, 2.45) is 16.6 Å². The second-order valence-corrected chi connectivity index (χ2v) is 10.5. The van der Waals surface area contributed by atoms with Crippen LogP contribution in [0.3, 0.4) is 0 Å². The van der Waals surface area contributed by atoms with Crippen LogP contribution in [-0.4, -0.2) is 41.7 Å². The number of rotatable bonds is 8. The molecule has 2 aromatic carbocycles. The number of allylic oxidation sites excluding steroid dienone is 1. The second kappa shape index (κ2) is 12.0. The van der Waals surface area contributed by atoms with Crippen LogP contribution in [0, 0.1) is 24.2 Å². The van der Waals surface area contributed by atoms with Crippen LogP contribution in [0.1, 0.15) is 43.9 Å². The number of pyridine rings is 1. The summed E-state index contributed by atoms with van der Waals surface area (Å²) in [6, 6.07) is 18.4. The Morgan fingerprint density at radius 1 is 1.26 bits per heavy atom.